The van der Waals surface area contributed by atoms with Crippen molar-refractivity contribution in [2.24, 2.45) is 7.05 Å². The van der Waals surface area contributed by atoms with Crippen LogP contribution >= 0.6 is 15.9 Å². The third-order valence-corrected chi connectivity index (χ3v) is 3.65. The second-order valence-corrected chi connectivity index (χ2v) is 6.46. The van der Waals surface area contributed by atoms with Crippen LogP contribution in [0.15, 0.2) is 22.7 Å². The van der Waals surface area contributed by atoms with Crippen LogP contribution in [0.3, 0.4) is 0 Å². The molecule has 0 amide bonds. The van der Waals surface area contributed by atoms with E-state index in [4.69, 9.17) is 5.73 Å². The fourth-order valence-electron chi connectivity index (χ4n) is 2.04. The number of nitrogens with zero attached hydrogens (tertiary/aromatic N) is 2. The second-order valence-electron chi connectivity index (χ2n) is 5.61. The van der Waals surface area contributed by atoms with Gasteiger partial charge in [0.15, 0.2) is 0 Å². The fraction of sp³-hybridized carbons (Fsp3) is 0.357. The molecule has 2 rings (SSSR count). The molecule has 0 saturated heterocycles. The van der Waals surface area contributed by atoms with Gasteiger partial charge in [0, 0.05) is 18.0 Å². The Morgan fingerprint density at radius 2 is 1.95 bits per heavy atom. The Kier molecular flexibility index (Phi) is 3.43. The molecule has 0 atom stereocenters. The van der Waals surface area contributed by atoms with E-state index in [2.05, 4.69) is 41.7 Å². The monoisotopic (exact) mass is 325 g/mol. The molecule has 19 heavy (non-hydrogen) atoms. The SMILES string of the molecule is Cn1c(C(C)(C)C)nc(-c2ccc(Br)c(F)c2)c1N. The summed E-state index contributed by atoms with van der Waals surface area (Å²) in [7, 11) is 1.88. The number of benzene rings is 1. The van der Waals surface area contributed by atoms with Gasteiger partial charge in [0.1, 0.15) is 23.2 Å². The molecule has 1 aromatic carbocycles. The van der Waals surface area contributed by atoms with Crippen molar-refractivity contribution in [2.75, 3.05) is 5.73 Å². The third kappa shape index (κ3) is 2.52. The highest BCUT2D eigenvalue weighted by Crippen LogP contribution is 2.32. The van der Waals surface area contributed by atoms with Crippen LogP contribution < -0.4 is 5.73 Å². The number of anilines is 1. The standard InChI is InChI=1S/C14H17BrFN3/c1-14(2,3)13-18-11(12(17)19(13)4)8-5-6-9(15)10(16)7-8/h5-7H,17H2,1-4H3. The van der Waals surface area contributed by atoms with Crippen LogP contribution in [-0.2, 0) is 12.5 Å². The third-order valence-electron chi connectivity index (χ3n) is 3.00. The van der Waals surface area contributed by atoms with Crippen LogP contribution in [0.2, 0.25) is 0 Å². The van der Waals surface area contributed by atoms with Gasteiger partial charge in [-0.05, 0) is 28.1 Å². The number of halogens is 2. The van der Waals surface area contributed by atoms with E-state index in [1.165, 1.54) is 6.07 Å². The number of hydrogen-bond donors (Lipinski definition) is 1. The quantitative estimate of drug-likeness (QED) is 0.864. The minimum atomic E-state index is -0.320. The Labute approximate surface area is 120 Å². The van der Waals surface area contributed by atoms with Crippen molar-refractivity contribution < 1.29 is 4.39 Å². The maximum atomic E-state index is 13.6. The molecule has 0 unspecified atom stereocenters. The Morgan fingerprint density at radius 1 is 1.32 bits per heavy atom. The topological polar surface area (TPSA) is 43.8 Å². The Bertz CT molecular complexity index is 626. The molecule has 0 aliphatic heterocycles. The van der Waals surface area contributed by atoms with Crippen molar-refractivity contribution >= 4 is 21.7 Å². The average Bonchev–Trinajstić information content (AvgIpc) is 2.60. The molecule has 0 saturated carbocycles. The number of hydrogen-bond acceptors (Lipinski definition) is 2. The molecule has 2 aromatic rings. The second kappa shape index (κ2) is 4.63. The Balaban J connectivity index is 2.60. The van der Waals surface area contributed by atoms with Gasteiger partial charge in [0.2, 0.25) is 0 Å². The highest BCUT2D eigenvalue weighted by Gasteiger charge is 2.23. The van der Waals surface area contributed by atoms with E-state index < -0.39 is 0 Å². The molecular formula is C14H17BrFN3. The van der Waals surface area contributed by atoms with Crippen molar-refractivity contribution in [3.63, 3.8) is 0 Å². The first kappa shape index (κ1) is 14.1. The van der Waals surface area contributed by atoms with Gasteiger partial charge in [-0.3, -0.25) is 0 Å². The maximum Gasteiger partial charge on any atom is 0.138 e. The van der Waals surface area contributed by atoms with Crippen molar-refractivity contribution in [1.82, 2.24) is 9.55 Å². The highest BCUT2D eigenvalue weighted by molar-refractivity contribution is 9.10. The lowest BCUT2D eigenvalue weighted by Crippen LogP contribution is -2.17. The highest BCUT2D eigenvalue weighted by atomic mass is 79.9. The maximum absolute atomic E-state index is 13.6. The van der Waals surface area contributed by atoms with Gasteiger partial charge in [0.25, 0.3) is 0 Å². The van der Waals surface area contributed by atoms with Crippen LogP contribution in [0, 0.1) is 5.82 Å². The zero-order valence-electron chi connectivity index (χ0n) is 11.5. The van der Waals surface area contributed by atoms with Crippen molar-refractivity contribution in [3.05, 3.63) is 34.3 Å². The predicted molar refractivity (Wildman–Crippen MR) is 79.4 cm³/mol. The molecule has 0 aliphatic rings. The minimum Gasteiger partial charge on any atom is -0.383 e. The zero-order chi connectivity index (χ0) is 14.4. The van der Waals surface area contributed by atoms with E-state index in [0.29, 0.717) is 21.5 Å². The lowest BCUT2D eigenvalue weighted by atomic mass is 9.96. The number of nitrogen functional groups attached to an aromatic ring is 1. The van der Waals surface area contributed by atoms with Gasteiger partial charge in [0.05, 0.1) is 4.47 Å². The molecule has 0 aliphatic carbocycles. The summed E-state index contributed by atoms with van der Waals surface area (Å²) in [5, 5.41) is 0. The summed E-state index contributed by atoms with van der Waals surface area (Å²) in [5.41, 5.74) is 7.28. The van der Waals surface area contributed by atoms with Gasteiger partial charge in [-0.1, -0.05) is 26.8 Å². The summed E-state index contributed by atoms with van der Waals surface area (Å²) in [6.07, 6.45) is 0. The molecule has 0 radical (unpaired) electrons. The van der Waals surface area contributed by atoms with Crippen LogP contribution in [0.4, 0.5) is 10.2 Å². The van der Waals surface area contributed by atoms with Crippen molar-refractivity contribution in [2.45, 2.75) is 26.2 Å². The molecular weight excluding hydrogens is 309 g/mol. The normalized spacial score (nSPS) is 11.9. The summed E-state index contributed by atoms with van der Waals surface area (Å²) in [5.74, 6) is 1.11. The van der Waals surface area contributed by atoms with Gasteiger partial charge in [-0.2, -0.15) is 0 Å². The smallest absolute Gasteiger partial charge is 0.138 e. The van der Waals surface area contributed by atoms with E-state index in [1.54, 1.807) is 12.1 Å². The van der Waals surface area contributed by atoms with E-state index in [-0.39, 0.29) is 11.2 Å². The molecule has 1 aromatic heterocycles. The first-order valence-corrected chi connectivity index (χ1v) is 6.79. The molecule has 102 valence electrons. The molecule has 0 spiro atoms. The molecule has 2 N–H and O–H groups in total. The summed E-state index contributed by atoms with van der Waals surface area (Å²) in [4.78, 5) is 4.58. The Morgan fingerprint density at radius 3 is 2.42 bits per heavy atom. The summed E-state index contributed by atoms with van der Waals surface area (Å²) < 4.78 is 15.9. The van der Waals surface area contributed by atoms with Gasteiger partial charge in [-0.15, -0.1) is 0 Å². The molecule has 1 heterocycles. The van der Waals surface area contributed by atoms with Crippen LogP contribution in [0.25, 0.3) is 11.3 Å². The number of nitrogens with two attached hydrogens (primary N) is 1. The number of rotatable bonds is 1. The largest absolute Gasteiger partial charge is 0.383 e. The summed E-state index contributed by atoms with van der Waals surface area (Å²) in [6, 6.07) is 4.91. The van der Waals surface area contributed by atoms with E-state index in [9.17, 15) is 4.39 Å². The van der Waals surface area contributed by atoms with Gasteiger partial charge in [-0.25, -0.2) is 9.37 Å². The number of imidazole rings is 1. The van der Waals surface area contributed by atoms with E-state index in [1.807, 2.05) is 11.6 Å². The van der Waals surface area contributed by atoms with Gasteiger partial charge >= 0.3 is 0 Å². The molecule has 3 nitrogen and oxygen atoms in total. The average molecular weight is 326 g/mol. The lowest BCUT2D eigenvalue weighted by Gasteiger charge is -2.17. The number of aromatic nitrogens is 2. The molecule has 0 fully saturated rings. The predicted octanol–water partition coefficient (Wildman–Crippen LogP) is 3.87. The first-order chi connectivity index (χ1) is 8.71. The van der Waals surface area contributed by atoms with Crippen LogP contribution in [0.5, 0.6) is 0 Å². The fourth-order valence-corrected chi connectivity index (χ4v) is 2.28. The van der Waals surface area contributed by atoms with Crippen molar-refractivity contribution in [3.8, 4) is 11.3 Å². The zero-order valence-corrected chi connectivity index (χ0v) is 13.0. The van der Waals surface area contributed by atoms with E-state index in [0.717, 1.165) is 5.82 Å². The van der Waals surface area contributed by atoms with Crippen LogP contribution in [0.1, 0.15) is 26.6 Å². The minimum absolute atomic E-state index is 0.116. The summed E-state index contributed by atoms with van der Waals surface area (Å²) in [6.45, 7) is 6.21. The van der Waals surface area contributed by atoms with Gasteiger partial charge < -0.3 is 10.3 Å². The first-order valence-electron chi connectivity index (χ1n) is 6.00. The van der Waals surface area contributed by atoms with Crippen LogP contribution in [-0.4, -0.2) is 9.55 Å². The Hall–Kier alpha value is -1.36. The van der Waals surface area contributed by atoms with Crippen molar-refractivity contribution in [1.29, 1.82) is 0 Å². The van der Waals surface area contributed by atoms with E-state index >= 15 is 0 Å². The molecule has 5 heteroatoms. The lowest BCUT2D eigenvalue weighted by molar-refractivity contribution is 0.524. The molecule has 0 bridgehead atoms. The summed E-state index contributed by atoms with van der Waals surface area (Å²) >= 11 is 3.14.